The first-order chi connectivity index (χ1) is 6.25. The first-order valence-corrected chi connectivity index (χ1v) is 4.59. The molecule has 2 aromatic rings. The lowest BCUT2D eigenvalue weighted by Crippen LogP contribution is -2.09. The van der Waals surface area contributed by atoms with Crippen LogP contribution < -0.4 is 5.32 Å². The van der Waals surface area contributed by atoms with Crippen molar-refractivity contribution in [3.05, 3.63) is 30.5 Å². The fraction of sp³-hybridized carbons (Fsp3) is 0.273. The van der Waals surface area contributed by atoms with Gasteiger partial charge in [0.2, 0.25) is 0 Å². The van der Waals surface area contributed by atoms with E-state index in [4.69, 9.17) is 0 Å². The normalized spacial score (nSPS) is 11.0. The van der Waals surface area contributed by atoms with E-state index in [1.807, 2.05) is 6.20 Å². The van der Waals surface area contributed by atoms with Gasteiger partial charge in [-0.2, -0.15) is 0 Å². The number of hydrogen-bond donors (Lipinski definition) is 2. The van der Waals surface area contributed by atoms with E-state index in [1.54, 1.807) is 0 Å². The summed E-state index contributed by atoms with van der Waals surface area (Å²) in [5, 5.41) is 4.63. The molecule has 0 fully saturated rings. The molecule has 0 amide bonds. The van der Waals surface area contributed by atoms with Gasteiger partial charge in [-0.1, -0.05) is 0 Å². The quantitative estimate of drug-likeness (QED) is 0.724. The molecule has 2 heteroatoms. The summed E-state index contributed by atoms with van der Waals surface area (Å²) in [6.07, 6.45) is 1.96. The monoisotopic (exact) mass is 178 g/mol. The minimum atomic E-state index is 0. The summed E-state index contributed by atoms with van der Waals surface area (Å²) in [6, 6.07) is 8.92. The molecule has 0 aliphatic heterocycles. The zero-order valence-corrected chi connectivity index (χ0v) is 7.96. The van der Waals surface area contributed by atoms with Crippen molar-refractivity contribution in [3.63, 3.8) is 0 Å². The average molecular weight is 178 g/mol. The van der Waals surface area contributed by atoms with Gasteiger partial charge in [-0.15, -0.1) is 0 Å². The number of aromatic amines is 1. The van der Waals surface area contributed by atoms with E-state index in [9.17, 15) is 0 Å². The van der Waals surface area contributed by atoms with E-state index in [1.165, 1.54) is 16.6 Å². The molecule has 0 bridgehead atoms. The number of H-pyrrole nitrogens is 1. The van der Waals surface area contributed by atoms with Crippen LogP contribution in [0.15, 0.2) is 30.5 Å². The van der Waals surface area contributed by atoms with Gasteiger partial charge < -0.3 is 10.3 Å². The maximum atomic E-state index is 3.37. The number of aromatic nitrogens is 1. The summed E-state index contributed by atoms with van der Waals surface area (Å²) in [6.45, 7) is 4.28. The molecule has 0 atom stereocenters. The van der Waals surface area contributed by atoms with E-state index in [-0.39, 0.29) is 2.85 Å². The smallest absolute Gasteiger partial charge is 0.0455 e. The molecule has 72 valence electrons. The zero-order chi connectivity index (χ0) is 9.26. The van der Waals surface area contributed by atoms with E-state index in [0.717, 1.165) is 0 Å². The van der Waals surface area contributed by atoms with Gasteiger partial charge in [0.1, 0.15) is 0 Å². The molecule has 0 saturated heterocycles. The van der Waals surface area contributed by atoms with Crippen LogP contribution in [0.3, 0.4) is 0 Å². The minimum Gasteiger partial charge on any atom is -0.383 e. The Morgan fingerprint density at radius 3 is 2.92 bits per heavy atom. The summed E-state index contributed by atoms with van der Waals surface area (Å²) in [5.41, 5.74) is 2.37. The molecule has 0 unspecified atom stereocenters. The minimum absolute atomic E-state index is 0. The van der Waals surface area contributed by atoms with Crippen LogP contribution in [0.1, 0.15) is 16.7 Å². The first kappa shape index (κ1) is 8.17. The summed E-state index contributed by atoms with van der Waals surface area (Å²) in [5.74, 6) is 0. The molecule has 1 aromatic heterocycles. The van der Waals surface area contributed by atoms with E-state index in [0.29, 0.717) is 6.04 Å². The highest BCUT2D eigenvalue weighted by Gasteiger charge is 1.97. The molecule has 1 heterocycles. The Bertz CT molecular complexity index is 410. The number of benzene rings is 1. The van der Waals surface area contributed by atoms with Crippen molar-refractivity contribution in [2.24, 2.45) is 0 Å². The molecule has 0 aliphatic carbocycles. The predicted molar refractivity (Wildman–Crippen MR) is 61.3 cm³/mol. The molecule has 0 spiro atoms. The van der Waals surface area contributed by atoms with Crippen LogP contribution >= 0.6 is 0 Å². The maximum Gasteiger partial charge on any atom is 0.0455 e. The van der Waals surface area contributed by atoms with Gasteiger partial charge in [0.15, 0.2) is 0 Å². The number of fused-ring (bicyclic) bond motifs is 1. The average Bonchev–Trinajstić information content (AvgIpc) is 2.49. The second-order valence-corrected chi connectivity index (χ2v) is 3.58. The van der Waals surface area contributed by atoms with Crippen LogP contribution in [-0.2, 0) is 0 Å². The van der Waals surface area contributed by atoms with Gasteiger partial charge in [0, 0.05) is 31.7 Å². The Hall–Kier alpha value is -1.44. The van der Waals surface area contributed by atoms with Gasteiger partial charge >= 0.3 is 0 Å². The Morgan fingerprint density at radius 1 is 1.31 bits per heavy atom. The van der Waals surface area contributed by atoms with Crippen LogP contribution in [0, 0.1) is 0 Å². The Balaban J connectivity index is 0.000000980. The molecule has 0 radical (unpaired) electrons. The van der Waals surface area contributed by atoms with Crippen molar-refractivity contribution in [1.29, 1.82) is 0 Å². The predicted octanol–water partition coefficient (Wildman–Crippen LogP) is 3.48. The lowest BCUT2D eigenvalue weighted by molar-refractivity contribution is 0.900. The molecule has 2 rings (SSSR count). The van der Waals surface area contributed by atoms with E-state index in [2.05, 4.69) is 48.4 Å². The van der Waals surface area contributed by atoms with Gasteiger partial charge in [0.05, 0.1) is 0 Å². The molecule has 0 saturated carbocycles. The fourth-order valence-corrected chi connectivity index (χ4v) is 1.48. The van der Waals surface area contributed by atoms with Crippen molar-refractivity contribution in [2.75, 3.05) is 5.32 Å². The van der Waals surface area contributed by atoms with Gasteiger partial charge in [-0.3, -0.25) is 0 Å². The number of hydrogen-bond acceptors (Lipinski definition) is 1. The molecule has 13 heavy (non-hydrogen) atoms. The summed E-state index contributed by atoms with van der Waals surface area (Å²) in [4.78, 5) is 3.17. The standard InChI is InChI=1S/C11H14N2.2H2/c1-8(2)13-10-3-4-11-9(7-10)5-6-12-11;;/h3-8,12-13H,1-2H3;2*1H. The summed E-state index contributed by atoms with van der Waals surface area (Å²) in [7, 11) is 0. The van der Waals surface area contributed by atoms with Gasteiger partial charge in [-0.05, 0) is 38.1 Å². The van der Waals surface area contributed by atoms with Crippen molar-refractivity contribution in [3.8, 4) is 0 Å². The largest absolute Gasteiger partial charge is 0.383 e. The molecule has 1 aromatic carbocycles. The van der Waals surface area contributed by atoms with Crippen LogP contribution in [0.2, 0.25) is 0 Å². The highest BCUT2D eigenvalue weighted by atomic mass is 14.9. The first-order valence-electron chi connectivity index (χ1n) is 4.59. The Morgan fingerprint density at radius 2 is 2.15 bits per heavy atom. The maximum absolute atomic E-state index is 3.37. The highest BCUT2D eigenvalue weighted by molar-refractivity contribution is 5.82. The second-order valence-electron chi connectivity index (χ2n) is 3.58. The van der Waals surface area contributed by atoms with Crippen molar-refractivity contribution < 1.29 is 2.85 Å². The lowest BCUT2D eigenvalue weighted by Gasteiger charge is -2.09. The number of anilines is 1. The third-order valence-corrected chi connectivity index (χ3v) is 2.01. The lowest BCUT2D eigenvalue weighted by atomic mass is 10.2. The fourth-order valence-electron chi connectivity index (χ4n) is 1.48. The van der Waals surface area contributed by atoms with Crippen LogP contribution in [0.4, 0.5) is 5.69 Å². The number of rotatable bonds is 2. The van der Waals surface area contributed by atoms with E-state index >= 15 is 0 Å². The van der Waals surface area contributed by atoms with Crippen LogP contribution in [-0.4, -0.2) is 11.0 Å². The van der Waals surface area contributed by atoms with Crippen LogP contribution in [0.25, 0.3) is 10.9 Å². The third kappa shape index (κ3) is 1.66. The molecular formula is C11H18N2. The Kier molecular flexibility index (Phi) is 1.97. The van der Waals surface area contributed by atoms with Crippen molar-refractivity contribution >= 4 is 16.6 Å². The topological polar surface area (TPSA) is 27.8 Å². The SMILES string of the molecule is CC(C)Nc1ccc2[nH]ccc2c1.[HH].[HH]. The summed E-state index contributed by atoms with van der Waals surface area (Å²) < 4.78 is 0. The second kappa shape index (κ2) is 3.13. The zero-order valence-electron chi connectivity index (χ0n) is 7.96. The third-order valence-electron chi connectivity index (χ3n) is 2.01. The van der Waals surface area contributed by atoms with E-state index < -0.39 is 0 Å². The molecule has 2 nitrogen and oxygen atoms in total. The van der Waals surface area contributed by atoms with Crippen molar-refractivity contribution in [2.45, 2.75) is 19.9 Å². The molecule has 2 N–H and O–H groups in total. The van der Waals surface area contributed by atoms with Gasteiger partial charge in [-0.25, -0.2) is 0 Å². The Labute approximate surface area is 80.9 Å². The summed E-state index contributed by atoms with van der Waals surface area (Å²) >= 11 is 0. The van der Waals surface area contributed by atoms with Crippen molar-refractivity contribution in [1.82, 2.24) is 4.98 Å². The highest BCUT2D eigenvalue weighted by Crippen LogP contribution is 2.18. The number of nitrogens with one attached hydrogen (secondary N) is 2. The van der Waals surface area contributed by atoms with Crippen LogP contribution in [0.5, 0.6) is 0 Å². The molecular weight excluding hydrogens is 160 g/mol. The van der Waals surface area contributed by atoms with Gasteiger partial charge in [0.25, 0.3) is 0 Å². The molecule has 0 aliphatic rings.